The summed E-state index contributed by atoms with van der Waals surface area (Å²) in [6, 6.07) is 0. The third-order valence-corrected chi connectivity index (χ3v) is 2.52. The largest absolute Gasteiger partial charge is 0.498 e. The minimum atomic E-state index is 0.701. The Morgan fingerprint density at radius 2 is 2.19 bits per heavy atom. The van der Waals surface area contributed by atoms with Crippen molar-refractivity contribution < 1.29 is 9.53 Å². The van der Waals surface area contributed by atoms with E-state index >= 15 is 0 Å². The maximum atomic E-state index is 10.4. The van der Waals surface area contributed by atoms with Crippen molar-refractivity contribution in [2.24, 2.45) is 5.92 Å². The van der Waals surface area contributed by atoms with Crippen LogP contribution in [0.15, 0.2) is 23.6 Å². The number of hydrogen-bond donors (Lipinski definition) is 1. The van der Waals surface area contributed by atoms with Crippen LogP contribution in [0.2, 0.25) is 0 Å². The number of ether oxygens (including phenoxy) is 1. The normalized spacial score (nSPS) is 17.1. The zero-order valence-corrected chi connectivity index (χ0v) is 10.2. The predicted octanol–water partition coefficient (Wildman–Crippen LogP) is 2.75. The Bertz CT molecular complexity index is 278. The van der Waals surface area contributed by atoms with E-state index in [9.17, 15) is 4.79 Å². The van der Waals surface area contributed by atoms with E-state index in [1.807, 2.05) is 19.1 Å². The van der Waals surface area contributed by atoms with Gasteiger partial charge in [0.05, 0.1) is 12.4 Å². The van der Waals surface area contributed by atoms with E-state index in [1.54, 1.807) is 0 Å². The molecule has 0 aliphatic heterocycles. The van der Waals surface area contributed by atoms with E-state index in [-0.39, 0.29) is 0 Å². The van der Waals surface area contributed by atoms with Gasteiger partial charge < -0.3 is 10.1 Å². The van der Waals surface area contributed by atoms with Gasteiger partial charge in [-0.25, -0.2) is 0 Å². The molecule has 0 heterocycles. The molecule has 0 aromatic rings. The van der Waals surface area contributed by atoms with Crippen LogP contribution in [-0.2, 0) is 9.53 Å². The molecule has 0 bridgehead atoms. The highest BCUT2D eigenvalue weighted by Gasteiger charge is 2.22. The fourth-order valence-electron chi connectivity index (χ4n) is 1.38. The second kappa shape index (κ2) is 7.09. The van der Waals surface area contributed by atoms with Gasteiger partial charge in [-0.05, 0) is 31.3 Å². The highest BCUT2D eigenvalue weighted by atomic mass is 16.5. The minimum absolute atomic E-state index is 0.701. The van der Waals surface area contributed by atoms with Crippen LogP contribution in [-0.4, -0.2) is 13.0 Å². The monoisotopic (exact) mass is 223 g/mol. The number of hydrogen-bond acceptors (Lipinski definition) is 2. The molecule has 0 aromatic carbocycles. The van der Waals surface area contributed by atoms with Gasteiger partial charge in [-0.1, -0.05) is 19.9 Å². The van der Waals surface area contributed by atoms with Crippen molar-refractivity contribution in [3.05, 3.63) is 23.6 Å². The Labute approximate surface area is 97.6 Å². The first-order valence-corrected chi connectivity index (χ1v) is 6.03. The lowest BCUT2D eigenvalue weighted by Crippen LogP contribution is -2.09. The van der Waals surface area contributed by atoms with Crippen LogP contribution in [0, 0.1) is 5.92 Å². The number of nitrogens with one attached hydrogen (secondary N) is 1. The van der Waals surface area contributed by atoms with E-state index in [4.69, 9.17) is 4.74 Å². The van der Waals surface area contributed by atoms with Crippen molar-refractivity contribution in [2.45, 2.75) is 39.5 Å². The summed E-state index contributed by atoms with van der Waals surface area (Å²) in [5.74, 6) is 1.70. The SMILES string of the molecule is CC/C=C(\C=C(/CC)OCC1CC1)NC=O. The van der Waals surface area contributed by atoms with E-state index in [2.05, 4.69) is 12.2 Å². The molecular formula is C13H21NO2. The van der Waals surface area contributed by atoms with E-state index in [0.29, 0.717) is 6.41 Å². The fourth-order valence-corrected chi connectivity index (χ4v) is 1.38. The highest BCUT2D eigenvalue weighted by Crippen LogP contribution is 2.29. The maximum absolute atomic E-state index is 10.4. The first-order valence-electron chi connectivity index (χ1n) is 6.03. The molecular weight excluding hydrogens is 202 g/mol. The Kier molecular flexibility index (Phi) is 5.68. The summed E-state index contributed by atoms with van der Waals surface area (Å²) in [6.07, 6.45) is 8.93. The molecule has 1 rings (SSSR count). The molecule has 1 amide bonds. The van der Waals surface area contributed by atoms with Crippen LogP contribution in [0.5, 0.6) is 0 Å². The van der Waals surface area contributed by atoms with E-state index in [0.717, 1.165) is 36.8 Å². The molecule has 90 valence electrons. The Morgan fingerprint density at radius 1 is 1.44 bits per heavy atom. The van der Waals surface area contributed by atoms with Crippen LogP contribution in [0.25, 0.3) is 0 Å². The second-order valence-electron chi connectivity index (χ2n) is 4.05. The van der Waals surface area contributed by atoms with Crippen molar-refractivity contribution >= 4 is 6.41 Å². The van der Waals surface area contributed by atoms with Crippen LogP contribution >= 0.6 is 0 Å². The second-order valence-corrected chi connectivity index (χ2v) is 4.05. The Balaban J connectivity index is 2.50. The quantitative estimate of drug-likeness (QED) is 0.390. The first-order chi connectivity index (χ1) is 7.80. The summed E-state index contributed by atoms with van der Waals surface area (Å²) in [7, 11) is 0. The molecule has 1 saturated carbocycles. The van der Waals surface area contributed by atoms with E-state index in [1.165, 1.54) is 12.8 Å². The average Bonchev–Trinajstić information content (AvgIpc) is 3.08. The third kappa shape index (κ3) is 5.01. The van der Waals surface area contributed by atoms with Gasteiger partial charge in [0.15, 0.2) is 0 Å². The zero-order chi connectivity index (χ0) is 11.8. The molecule has 0 aromatic heterocycles. The molecule has 0 spiro atoms. The standard InChI is InChI=1S/C13H21NO2/c1-3-5-12(14-10-15)8-13(4-2)16-9-11-6-7-11/h5,8,10-11H,3-4,6-7,9H2,1-2H3,(H,14,15)/b12-5+,13-8+. The summed E-state index contributed by atoms with van der Waals surface area (Å²) in [4.78, 5) is 10.4. The van der Waals surface area contributed by atoms with Crippen LogP contribution in [0.3, 0.4) is 0 Å². The lowest BCUT2D eigenvalue weighted by molar-refractivity contribution is -0.108. The predicted molar refractivity (Wildman–Crippen MR) is 64.6 cm³/mol. The topological polar surface area (TPSA) is 38.3 Å². The highest BCUT2D eigenvalue weighted by molar-refractivity contribution is 5.51. The lowest BCUT2D eigenvalue weighted by atomic mass is 10.2. The van der Waals surface area contributed by atoms with Crippen molar-refractivity contribution in [1.29, 1.82) is 0 Å². The summed E-state index contributed by atoms with van der Waals surface area (Å²) in [5.41, 5.74) is 0.824. The number of carbonyl (C=O) groups is 1. The molecule has 0 radical (unpaired) electrons. The molecule has 1 N–H and O–H groups in total. The van der Waals surface area contributed by atoms with Gasteiger partial charge >= 0.3 is 0 Å². The summed E-state index contributed by atoms with van der Waals surface area (Å²) in [5, 5.41) is 2.68. The zero-order valence-electron chi connectivity index (χ0n) is 10.2. The maximum Gasteiger partial charge on any atom is 0.211 e. The molecule has 0 atom stereocenters. The summed E-state index contributed by atoms with van der Waals surface area (Å²) in [6.45, 7) is 4.92. The third-order valence-electron chi connectivity index (χ3n) is 2.52. The molecule has 16 heavy (non-hydrogen) atoms. The molecule has 1 fully saturated rings. The van der Waals surface area contributed by atoms with Crippen molar-refractivity contribution in [1.82, 2.24) is 5.32 Å². The number of amides is 1. The van der Waals surface area contributed by atoms with Gasteiger partial charge in [-0.3, -0.25) is 4.79 Å². The minimum Gasteiger partial charge on any atom is -0.498 e. The molecule has 3 nitrogen and oxygen atoms in total. The number of carbonyl (C=O) groups excluding carboxylic acids is 1. The van der Waals surface area contributed by atoms with Crippen molar-refractivity contribution in [3.8, 4) is 0 Å². The Morgan fingerprint density at radius 3 is 2.69 bits per heavy atom. The van der Waals surface area contributed by atoms with Gasteiger partial charge in [0.1, 0.15) is 0 Å². The number of allylic oxidation sites excluding steroid dienone is 3. The van der Waals surface area contributed by atoms with Gasteiger partial charge in [-0.2, -0.15) is 0 Å². The van der Waals surface area contributed by atoms with Crippen molar-refractivity contribution in [3.63, 3.8) is 0 Å². The van der Waals surface area contributed by atoms with Gasteiger partial charge in [0, 0.05) is 12.1 Å². The molecule has 1 aliphatic rings. The van der Waals surface area contributed by atoms with Gasteiger partial charge in [0.25, 0.3) is 0 Å². The summed E-state index contributed by atoms with van der Waals surface area (Å²) < 4.78 is 5.70. The number of rotatable bonds is 8. The molecule has 1 aliphatic carbocycles. The smallest absolute Gasteiger partial charge is 0.211 e. The molecule has 0 saturated heterocycles. The van der Waals surface area contributed by atoms with Gasteiger partial charge in [-0.15, -0.1) is 0 Å². The lowest BCUT2D eigenvalue weighted by Gasteiger charge is -2.09. The molecule has 3 heteroatoms. The van der Waals surface area contributed by atoms with E-state index < -0.39 is 0 Å². The van der Waals surface area contributed by atoms with Crippen LogP contribution in [0.1, 0.15) is 39.5 Å². The van der Waals surface area contributed by atoms with Crippen LogP contribution < -0.4 is 5.32 Å². The van der Waals surface area contributed by atoms with Crippen molar-refractivity contribution in [2.75, 3.05) is 6.61 Å². The average molecular weight is 223 g/mol. The van der Waals surface area contributed by atoms with Crippen LogP contribution in [0.4, 0.5) is 0 Å². The fraction of sp³-hybridized carbons (Fsp3) is 0.615. The summed E-state index contributed by atoms with van der Waals surface area (Å²) >= 11 is 0. The Hall–Kier alpha value is -1.25. The molecule has 0 unspecified atom stereocenters. The first kappa shape index (κ1) is 12.8. The van der Waals surface area contributed by atoms with Gasteiger partial charge in [0.2, 0.25) is 6.41 Å².